The summed E-state index contributed by atoms with van der Waals surface area (Å²) in [5.74, 6) is -5.50. The van der Waals surface area contributed by atoms with Gasteiger partial charge in [-0.2, -0.15) is 13.2 Å². The highest BCUT2D eigenvalue weighted by atomic mass is 19.4. The van der Waals surface area contributed by atoms with Crippen molar-refractivity contribution in [3.8, 4) is 0 Å². The van der Waals surface area contributed by atoms with Crippen LogP contribution in [0.3, 0.4) is 0 Å². The maximum absolute atomic E-state index is 12.1. The molecule has 0 amide bonds. The lowest BCUT2D eigenvalue weighted by molar-refractivity contribution is -0.150. The van der Waals surface area contributed by atoms with Crippen LogP contribution in [-0.2, 0) is 15.8 Å². The molecule has 0 bridgehead atoms. The van der Waals surface area contributed by atoms with Crippen molar-refractivity contribution in [1.82, 2.24) is 9.97 Å². The predicted molar refractivity (Wildman–Crippen MR) is 45.0 cm³/mol. The Labute approximate surface area is 91.7 Å². The van der Waals surface area contributed by atoms with Gasteiger partial charge in [-0.1, -0.05) is 0 Å². The average molecular weight is 250 g/mol. The summed E-state index contributed by atoms with van der Waals surface area (Å²) >= 11 is 0. The van der Waals surface area contributed by atoms with Crippen molar-refractivity contribution >= 4 is 11.9 Å². The molecule has 92 valence electrons. The Kier molecular flexibility index (Phi) is 3.30. The third-order valence-electron chi connectivity index (χ3n) is 1.75. The van der Waals surface area contributed by atoms with E-state index in [4.69, 9.17) is 10.2 Å². The summed E-state index contributed by atoms with van der Waals surface area (Å²) in [4.78, 5) is 27.2. The highest BCUT2D eigenvalue weighted by Gasteiger charge is 2.35. The number of carboxylic acid groups (broad SMARTS) is 2. The van der Waals surface area contributed by atoms with Crippen LogP contribution in [0.2, 0.25) is 0 Å². The molecule has 0 unspecified atom stereocenters. The van der Waals surface area contributed by atoms with Gasteiger partial charge in [-0.05, 0) is 0 Å². The zero-order valence-corrected chi connectivity index (χ0v) is 7.97. The Morgan fingerprint density at radius 1 is 1.12 bits per heavy atom. The van der Waals surface area contributed by atoms with Gasteiger partial charge in [0.25, 0.3) is 0 Å². The lowest BCUT2D eigenvalue weighted by Gasteiger charge is -2.08. The van der Waals surface area contributed by atoms with Gasteiger partial charge in [0, 0.05) is 0 Å². The molecule has 0 aliphatic heterocycles. The first-order valence-electron chi connectivity index (χ1n) is 4.08. The fourth-order valence-corrected chi connectivity index (χ4v) is 0.992. The summed E-state index contributed by atoms with van der Waals surface area (Å²) in [5, 5.41) is 17.1. The summed E-state index contributed by atoms with van der Waals surface area (Å²) in [6.45, 7) is 0. The molecule has 0 aliphatic rings. The lowest BCUT2D eigenvalue weighted by Crippen LogP contribution is -2.23. The molecule has 0 radical (unpaired) electrons. The summed E-state index contributed by atoms with van der Waals surface area (Å²) in [5.41, 5.74) is -1.89. The first kappa shape index (κ1) is 12.9. The van der Waals surface area contributed by atoms with Crippen molar-refractivity contribution in [2.45, 2.75) is 12.1 Å². The summed E-state index contributed by atoms with van der Waals surface area (Å²) in [6, 6.07) is 0. The van der Waals surface area contributed by atoms with Gasteiger partial charge in [-0.3, -0.25) is 14.6 Å². The molecule has 0 saturated carbocycles. The molecule has 17 heavy (non-hydrogen) atoms. The molecule has 1 aromatic heterocycles. The van der Waals surface area contributed by atoms with Crippen LogP contribution in [0.15, 0.2) is 12.4 Å². The van der Waals surface area contributed by atoms with E-state index in [9.17, 15) is 22.8 Å². The Bertz CT molecular complexity index is 429. The smallest absolute Gasteiger partial charge is 0.434 e. The third kappa shape index (κ3) is 2.89. The highest BCUT2D eigenvalue weighted by molar-refractivity contribution is 5.98. The van der Waals surface area contributed by atoms with Gasteiger partial charge >= 0.3 is 18.1 Å². The van der Waals surface area contributed by atoms with Crippen LogP contribution < -0.4 is 0 Å². The van der Waals surface area contributed by atoms with Gasteiger partial charge in [-0.25, -0.2) is 4.98 Å². The molecule has 2 N–H and O–H groups in total. The van der Waals surface area contributed by atoms with Crippen LogP contribution in [-0.4, -0.2) is 32.1 Å². The van der Waals surface area contributed by atoms with Gasteiger partial charge in [0.05, 0.1) is 18.1 Å². The molecule has 9 heteroatoms. The van der Waals surface area contributed by atoms with Gasteiger partial charge < -0.3 is 10.2 Å². The minimum Gasteiger partial charge on any atom is -0.480 e. The van der Waals surface area contributed by atoms with E-state index in [0.717, 1.165) is 0 Å². The molecule has 6 nitrogen and oxygen atoms in total. The average Bonchev–Trinajstić information content (AvgIpc) is 2.15. The second kappa shape index (κ2) is 4.36. The number of halogens is 3. The minimum absolute atomic E-state index is 0.286. The maximum atomic E-state index is 12.1. The molecule has 0 atom stereocenters. The summed E-state index contributed by atoms with van der Waals surface area (Å²) < 4.78 is 36.3. The van der Waals surface area contributed by atoms with E-state index in [1.165, 1.54) is 0 Å². The quantitative estimate of drug-likeness (QED) is 0.767. The minimum atomic E-state index is -4.71. The second-order valence-electron chi connectivity index (χ2n) is 2.93. The van der Waals surface area contributed by atoms with Crippen molar-refractivity contribution < 1.29 is 33.0 Å². The van der Waals surface area contributed by atoms with Crippen LogP contribution >= 0.6 is 0 Å². The van der Waals surface area contributed by atoms with Crippen LogP contribution in [0.4, 0.5) is 13.2 Å². The number of rotatable bonds is 3. The number of carbonyl (C=O) groups is 2. The SMILES string of the molecule is O=C(O)C(C(=O)O)c1cnc(C(F)(F)F)cn1. The Balaban J connectivity index is 3.09. The number of hydrogen-bond acceptors (Lipinski definition) is 4. The van der Waals surface area contributed by atoms with Gasteiger partial charge in [0.1, 0.15) is 0 Å². The standard InChI is InChI=1S/C8H5F3N2O4/c9-8(10,11)4-2-12-3(1-13-4)5(6(14)15)7(16)17/h1-2,5H,(H,14,15)(H,16,17). The van der Waals surface area contributed by atoms with Crippen molar-refractivity contribution in [3.05, 3.63) is 23.8 Å². The van der Waals surface area contributed by atoms with E-state index in [1.54, 1.807) is 0 Å². The van der Waals surface area contributed by atoms with Gasteiger partial charge in [-0.15, -0.1) is 0 Å². The molecule has 0 saturated heterocycles. The lowest BCUT2D eigenvalue weighted by atomic mass is 10.1. The zero-order chi connectivity index (χ0) is 13.2. The second-order valence-corrected chi connectivity index (χ2v) is 2.93. The highest BCUT2D eigenvalue weighted by Crippen LogP contribution is 2.27. The fraction of sp³-hybridized carbons (Fsp3) is 0.250. The molecular formula is C8H5F3N2O4. The van der Waals surface area contributed by atoms with Crippen LogP contribution in [0.25, 0.3) is 0 Å². The Hall–Kier alpha value is -2.19. The normalized spacial score (nSPS) is 11.5. The van der Waals surface area contributed by atoms with E-state index in [2.05, 4.69) is 9.97 Å². The number of carboxylic acids is 2. The monoisotopic (exact) mass is 250 g/mol. The number of alkyl halides is 3. The Morgan fingerprint density at radius 2 is 1.65 bits per heavy atom. The molecule has 1 heterocycles. The van der Waals surface area contributed by atoms with E-state index >= 15 is 0 Å². The molecule has 1 rings (SSSR count). The fourth-order valence-electron chi connectivity index (χ4n) is 0.992. The van der Waals surface area contributed by atoms with Gasteiger partial charge in [0.2, 0.25) is 0 Å². The Morgan fingerprint density at radius 3 is 1.94 bits per heavy atom. The topological polar surface area (TPSA) is 100 Å². The van der Waals surface area contributed by atoms with E-state index in [-0.39, 0.29) is 6.20 Å². The van der Waals surface area contributed by atoms with Crippen molar-refractivity contribution in [3.63, 3.8) is 0 Å². The molecular weight excluding hydrogens is 245 g/mol. The van der Waals surface area contributed by atoms with Crippen LogP contribution in [0.5, 0.6) is 0 Å². The number of nitrogens with zero attached hydrogens (tertiary/aromatic N) is 2. The van der Waals surface area contributed by atoms with Gasteiger partial charge in [0.15, 0.2) is 11.6 Å². The third-order valence-corrected chi connectivity index (χ3v) is 1.75. The largest absolute Gasteiger partial charge is 0.480 e. The maximum Gasteiger partial charge on any atom is 0.434 e. The van der Waals surface area contributed by atoms with Crippen molar-refractivity contribution in [2.24, 2.45) is 0 Å². The molecule has 1 aromatic rings. The van der Waals surface area contributed by atoms with Crippen molar-refractivity contribution in [2.75, 3.05) is 0 Å². The van der Waals surface area contributed by atoms with E-state index in [1.807, 2.05) is 0 Å². The number of aliphatic carboxylic acids is 2. The molecule has 0 aliphatic carbocycles. The van der Waals surface area contributed by atoms with E-state index < -0.39 is 35.4 Å². The molecule has 0 fully saturated rings. The number of aromatic nitrogens is 2. The molecule has 0 aromatic carbocycles. The number of hydrogen-bond donors (Lipinski definition) is 2. The predicted octanol–water partition coefficient (Wildman–Crippen LogP) is 0.748. The van der Waals surface area contributed by atoms with Crippen LogP contribution in [0, 0.1) is 0 Å². The first-order chi connectivity index (χ1) is 7.73. The summed E-state index contributed by atoms with van der Waals surface area (Å²) in [7, 11) is 0. The zero-order valence-electron chi connectivity index (χ0n) is 7.97. The first-order valence-corrected chi connectivity index (χ1v) is 4.08. The van der Waals surface area contributed by atoms with Crippen molar-refractivity contribution in [1.29, 1.82) is 0 Å². The van der Waals surface area contributed by atoms with Crippen LogP contribution in [0.1, 0.15) is 17.3 Å². The van der Waals surface area contributed by atoms with E-state index in [0.29, 0.717) is 6.20 Å². The molecule has 0 spiro atoms. The summed E-state index contributed by atoms with van der Waals surface area (Å²) in [6.07, 6.45) is -3.95.